The number of hydrogen-bond donors (Lipinski definition) is 2. The van der Waals surface area contributed by atoms with E-state index in [9.17, 15) is 5.11 Å². The number of β-amino-alcohol motifs (C(OH)–C–C–N with tert-alkyl or cyclic N) is 1. The van der Waals surface area contributed by atoms with Gasteiger partial charge in [-0.1, -0.05) is 46.3 Å². The van der Waals surface area contributed by atoms with Crippen LogP contribution in [-0.4, -0.2) is 41.2 Å². The van der Waals surface area contributed by atoms with Crippen LogP contribution >= 0.6 is 27.9 Å². The molecule has 1 aliphatic rings. The van der Waals surface area contributed by atoms with Crippen LogP contribution in [0.15, 0.2) is 57.9 Å². The third-order valence-corrected chi connectivity index (χ3v) is 6.69. The molecule has 0 radical (unpaired) electrons. The van der Waals surface area contributed by atoms with Crippen LogP contribution in [0.4, 0.5) is 0 Å². The summed E-state index contributed by atoms with van der Waals surface area (Å²) in [6.45, 7) is 5.73. The maximum Gasteiger partial charge on any atom is 0.0800 e. The van der Waals surface area contributed by atoms with E-state index in [1.54, 1.807) is 11.9 Å². The fourth-order valence-corrected chi connectivity index (χ4v) is 5.56. The van der Waals surface area contributed by atoms with E-state index < -0.39 is 6.10 Å². The van der Waals surface area contributed by atoms with Crippen LogP contribution in [-0.2, 0) is 12.8 Å². The second-order valence-electron chi connectivity index (χ2n) is 8.52. The van der Waals surface area contributed by atoms with Crippen LogP contribution in [0, 0.1) is 5.92 Å². The summed E-state index contributed by atoms with van der Waals surface area (Å²) in [5.74, 6) is 0.687. The Balaban J connectivity index is 1.41. The normalized spacial score (nSPS) is 15.8. The Morgan fingerprint density at radius 1 is 1.18 bits per heavy atom. The summed E-state index contributed by atoms with van der Waals surface area (Å²) < 4.78 is 3.17. The number of benzene rings is 2. The molecule has 1 aliphatic carbocycles. The summed E-state index contributed by atoms with van der Waals surface area (Å²) >= 11 is 5.16. The second-order valence-corrected chi connectivity index (χ2v) is 10.7. The van der Waals surface area contributed by atoms with Gasteiger partial charge in [0.1, 0.15) is 0 Å². The molecule has 0 aliphatic heterocycles. The Morgan fingerprint density at radius 2 is 1.86 bits per heavy atom. The van der Waals surface area contributed by atoms with E-state index in [2.05, 4.69) is 75.8 Å². The SMILES string of the molecule is CN(CC(O)CNC(C)(C)CC1Cc2ccccc2C1)Sc1cccc(Br)c1. The zero-order valence-electron chi connectivity index (χ0n) is 17.0. The number of aliphatic hydroxyl groups is 1. The number of nitrogens with zero attached hydrogens (tertiary/aromatic N) is 1. The highest BCUT2D eigenvalue weighted by atomic mass is 79.9. The lowest BCUT2D eigenvalue weighted by Crippen LogP contribution is -2.46. The third-order valence-electron chi connectivity index (χ3n) is 5.28. The number of likely N-dealkylation sites (N-methyl/N-ethyl adjacent to an activating group) is 1. The predicted octanol–water partition coefficient (Wildman–Crippen LogP) is 4.92. The van der Waals surface area contributed by atoms with Gasteiger partial charge < -0.3 is 10.4 Å². The van der Waals surface area contributed by atoms with Gasteiger partial charge in [0, 0.05) is 28.0 Å². The van der Waals surface area contributed by atoms with Crippen molar-refractivity contribution in [2.24, 2.45) is 5.92 Å². The summed E-state index contributed by atoms with van der Waals surface area (Å²) in [5, 5.41) is 14.1. The Kier molecular flexibility index (Phi) is 7.62. The van der Waals surface area contributed by atoms with Crippen LogP contribution in [0.25, 0.3) is 0 Å². The zero-order chi connectivity index (χ0) is 20.1. The first-order valence-electron chi connectivity index (χ1n) is 9.95. The molecule has 0 bridgehead atoms. The number of halogens is 1. The van der Waals surface area contributed by atoms with Crippen LogP contribution in [0.5, 0.6) is 0 Å². The minimum absolute atomic E-state index is 0.0176. The fraction of sp³-hybridized carbons (Fsp3) is 0.478. The molecule has 3 rings (SSSR count). The lowest BCUT2D eigenvalue weighted by Gasteiger charge is -2.31. The average Bonchev–Trinajstić information content (AvgIpc) is 3.01. The molecule has 2 aromatic rings. The van der Waals surface area contributed by atoms with Crippen molar-refractivity contribution in [3.8, 4) is 0 Å². The smallest absolute Gasteiger partial charge is 0.0800 e. The molecule has 28 heavy (non-hydrogen) atoms. The first-order valence-corrected chi connectivity index (χ1v) is 11.5. The number of fused-ring (bicyclic) bond motifs is 1. The topological polar surface area (TPSA) is 35.5 Å². The van der Waals surface area contributed by atoms with E-state index in [0.29, 0.717) is 19.0 Å². The molecule has 0 aromatic heterocycles. The van der Waals surface area contributed by atoms with E-state index >= 15 is 0 Å². The van der Waals surface area contributed by atoms with Crippen LogP contribution < -0.4 is 5.32 Å². The molecule has 0 saturated carbocycles. The summed E-state index contributed by atoms with van der Waals surface area (Å²) in [6, 6.07) is 17.0. The second kappa shape index (κ2) is 9.77. The van der Waals surface area contributed by atoms with Gasteiger partial charge in [-0.05, 0) is 87.3 Å². The van der Waals surface area contributed by atoms with Gasteiger partial charge in [-0.2, -0.15) is 0 Å². The van der Waals surface area contributed by atoms with Crippen molar-refractivity contribution in [1.82, 2.24) is 9.62 Å². The first kappa shape index (κ1) is 21.8. The molecular formula is C23H31BrN2OS. The molecule has 1 unspecified atom stereocenters. The van der Waals surface area contributed by atoms with Gasteiger partial charge in [0.05, 0.1) is 6.10 Å². The van der Waals surface area contributed by atoms with Crippen LogP contribution in [0.3, 0.4) is 0 Å². The van der Waals surface area contributed by atoms with Gasteiger partial charge in [-0.25, -0.2) is 4.31 Å². The standard InChI is InChI=1S/C23H31BrN2OS/c1-23(2,14-17-11-18-7-4-5-8-19(18)12-17)25-15-21(27)16-26(3)28-22-10-6-9-20(24)13-22/h4-10,13,17,21,25,27H,11-12,14-16H2,1-3H3. The Bertz CT molecular complexity index is 758. The van der Waals surface area contributed by atoms with E-state index in [0.717, 1.165) is 15.8 Å². The van der Waals surface area contributed by atoms with E-state index in [-0.39, 0.29) is 5.54 Å². The van der Waals surface area contributed by atoms with E-state index in [4.69, 9.17) is 0 Å². The highest BCUT2D eigenvalue weighted by molar-refractivity contribution is 9.10. The van der Waals surface area contributed by atoms with Crippen molar-refractivity contribution in [2.75, 3.05) is 20.1 Å². The van der Waals surface area contributed by atoms with Gasteiger partial charge in [0.15, 0.2) is 0 Å². The highest BCUT2D eigenvalue weighted by Gasteiger charge is 2.28. The van der Waals surface area contributed by atoms with Crippen molar-refractivity contribution in [3.05, 3.63) is 64.1 Å². The van der Waals surface area contributed by atoms with E-state index in [1.165, 1.54) is 24.0 Å². The quantitative estimate of drug-likeness (QED) is 0.518. The van der Waals surface area contributed by atoms with Crippen molar-refractivity contribution in [1.29, 1.82) is 0 Å². The lowest BCUT2D eigenvalue weighted by atomic mass is 9.88. The van der Waals surface area contributed by atoms with Gasteiger partial charge in [-0.3, -0.25) is 0 Å². The molecule has 5 heteroatoms. The molecule has 152 valence electrons. The average molecular weight is 463 g/mol. The molecular weight excluding hydrogens is 432 g/mol. The maximum absolute atomic E-state index is 10.5. The van der Waals surface area contributed by atoms with Crippen molar-refractivity contribution in [2.45, 2.75) is 49.6 Å². The molecule has 0 spiro atoms. The van der Waals surface area contributed by atoms with Gasteiger partial charge in [0.2, 0.25) is 0 Å². The summed E-state index contributed by atoms with van der Waals surface area (Å²) in [4.78, 5) is 1.16. The molecule has 3 nitrogen and oxygen atoms in total. The van der Waals surface area contributed by atoms with Crippen LogP contribution in [0.2, 0.25) is 0 Å². The minimum Gasteiger partial charge on any atom is -0.390 e. The molecule has 2 N–H and O–H groups in total. The number of nitrogens with one attached hydrogen (secondary N) is 1. The molecule has 0 saturated heterocycles. The fourth-order valence-electron chi connectivity index (χ4n) is 4.08. The molecule has 0 heterocycles. The number of aliphatic hydroxyl groups excluding tert-OH is 1. The highest BCUT2D eigenvalue weighted by Crippen LogP contribution is 2.32. The number of hydrogen-bond acceptors (Lipinski definition) is 4. The Hall–Kier alpha value is -0.850. The van der Waals surface area contributed by atoms with Gasteiger partial charge in [-0.15, -0.1) is 0 Å². The summed E-state index contributed by atoms with van der Waals surface area (Å²) in [7, 11) is 2.02. The monoisotopic (exact) mass is 462 g/mol. The molecule has 0 amide bonds. The maximum atomic E-state index is 10.5. The predicted molar refractivity (Wildman–Crippen MR) is 123 cm³/mol. The first-order chi connectivity index (χ1) is 13.3. The third kappa shape index (κ3) is 6.60. The van der Waals surface area contributed by atoms with Gasteiger partial charge in [0.25, 0.3) is 0 Å². The van der Waals surface area contributed by atoms with E-state index in [1.807, 2.05) is 19.2 Å². The molecule has 0 fully saturated rings. The van der Waals surface area contributed by atoms with Crippen molar-refractivity contribution >= 4 is 27.9 Å². The summed E-state index contributed by atoms with van der Waals surface area (Å²) in [5.41, 5.74) is 3.04. The van der Waals surface area contributed by atoms with Crippen LogP contribution in [0.1, 0.15) is 31.4 Å². The molecule has 1 atom stereocenters. The largest absolute Gasteiger partial charge is 0.390 e. The molecule has 2 aromatic carbocycles. The van der Waals surface area contributed by atoms with Gasteiger partial charge >= 0.3 is 0 Å². The number of rotatable bonds is 9. The van der Waals surface area contributed by atoms with Crippen molar-refractivity contribution in [3.63, 3.8) is 0 Å². The summed E-state index contributed by atoms with van der Waals surface area (Å²) in [6.07, 6.45) is 3.08. The minimum atomic E-state index is -0.398. The Labute approximate surface area is 182 Å². The Morgan fingerprint density at radius 3 is 2.50 bits per heavy atom. The lowest BCUT2D eigenvalue weighted by molar-refractivity contribution is 0.138. The zero-order valence-corrected chi connectivity index (χ0v) is 19.4. The van der Waals surface area contributed by atoms with Crippen molar-refractivity contribution < 1.29 is 5.11 Å².